The summed E-state index contributed by atoms with van der Waals surface area (Å²) < 4.78 is 0. The number of fused-ring (bicyclic) bond motifs is 1. The van der Waals surface area contributed by atoms with Crippen molar-refractivity contribution >= 4 is 23.9 Å². The van der Waals surface area contributed by atoms with Crippen molar-refractivity contribution in [1.82, 2.24) is 0 Å². The monoisotopic (exact) mass is 356 g/mol. The average Bonchev–Trinajstić information content (AvgIpc) is 2.46. The molecular weight excluding hydrogens is 332 g/mol. The molecule has 0 amide bonds. The summed E-state index contributed by atoms with van der Waals surface area (Å²) in [7, 11) is 0. The first-order chi connectivity index (χ1) is 11.5. The van der Waals surface area contributed by atoms with Gasteiger partial charge in [-0.2, -0.15) is 0 Å². The van der Waals surface area contributed by atoms with Crippen molar-refractivity contribution < 1.29 is 39.6 Å². The SMILES string of the molecule is CCC(C)C1(C(=O)O)C(C(=O)O)C2CC(C(=O)O)C(C(=O)O)C(C)C21. The molecule has 0 spiro atoms. The normalized spacial score (nSPS) is 41.1. The second-order valence-corrected chi connectivity index (χ2v) is 7.46. The first-order valence-corrected chi connectivity index (χ1v) is 8.45. The molecule has 8 heteroatoms. The lowest BCUT2D eigenvalue weighted by molar-refractivity contribution is -0.239. The van der Waals surface area contributed by atoms with Crippen LogP contribution in [0.3, 0.4) is 0 Å². The fourth-order valence-corrected chi connectivity index (χ4v) is 5.64. The van der Waals surface area contributed by atoms with Crippen LogP contribution in [0.5, 0.6) is 0 Å². The van der Waals surface area contributed by atoms with E-state index in [0.717, 1.165) is 0 Å². The van der Waals surface area contributed by atoms with Crippen LogP contribution < -0.4 is 0 Å². The van der Waals surface area contributed by atoms with Crippen LogP contribution in [0.2, 0.25) is 0 Å². The van der Waals surface area contributed by atoms with Crippen molar-refractivity contribution in [1.29, 1.82) is 0 Å². The predicted octanol–water partition coefficient (Wildman–Crippen LogP) is 1.49. The Morgan fingerprint density at radius 2 is 1.60 bits per heavy atom. The minimum atomic E-state index is -1.57. The summed E-state index contributed by atoms with van der Waals surface area (Å²) in [5.74, 6) is -11.2. The van der Waals surface area contributed by atoms with E-state index in [-0.39, 0.29) is 6.42 Å². The van der Waals surface area contributed by atoms with Gasteiger partial charge in [-0.25, -0.2) is 0 Å². The van der Waals surface area contributed by atoms with E-state index in [0.29, 0.717) is 6.42 Å². The minimum absolute atomic E-state index is 0.121. The van der Waals surface area contributed by atoms with Gasteiger partial charge in [0.1, 0.15) is 0 Å². The topological polar surface area (TPSA) is 149 Å². The molecule has 0 saturated heterocycles. The van der Waals surface area contributed by atoms with Crippen molar-refractivity contribution in [2.75, 3.05) is 0 Å². The maximum atomic E-state index is 12.2. The Labute approximate surface area is 144 Å². The zero-order valence-corrected chi connectivity index (χ0v) is 14.4. The molecule has 0 bridgehead atoms. The quantitative estimate of drug-likeness (QED) is 0.559. The number of carboxylic acid groups (broad SMARTS) is 4. The summed E-state index contributed by atoms with van der Waals surface area (Å²) >= 11 is 0. The van der Waals surface area contributed by atoms with E-state index in [1.807, 2.05) is 0 Å². The van der Waals surface area contributed by atoms with Crippen LogP contribution in [-0.2, 0) is 19.2 Å². The van der Waals surface area contributed by atoms with Gasteiger partial charge in [0.05, 0.1) is 23.2 Å². The number of hydrogen-bond donors (Lipinski definition) is 4. The number of carboxylic acids is 4. The summed E-state index contributed by atoms with van der Waals surface area (Å²) in [5.41, 5.74) is -1.57. The summed E-state index contributed by atoms with van der Waals surface area (Å²) in [6.07, 6.45) is 0.315. The summed E-state index contributed by atoms with van der Waals surface area (Å²) in [5, 5.41) is 38.5. The fourth-order valence-electron chi connectivity index (χ4n) is 5.64. The van der Waals surface area contributed by atoms with Crippen LogP contribution in [-0.4, -0.2) is 44.3 Å². The van der Waals surface area contributed by atoms with Gasteiger partial charge in [0, 0.05) is 0 Å². The molecule has 4 N–H and O–H groups in total. The molecule has 2 fully saturated rings. The largest absolute Gasteiger partial charge is 0.481 e. The molecule has 2 aliphatic carbocycles. The second-order valence-electron chi connectivity index (χ2n) is 7.46. The Hall–Kier alpha value is -2.12. The Bertz CT molecular complexity index is 612. The molecule has 2 saturated carbocycles. The van der Waals surface area contributed by atoms with E-state index in [1.165, 1.54) is 0 Å². The van der Waals surface area contributed by atoms with Crippen molar-refractivity contribution in [3.8, 4) is 0 Å². The number of rotatable bonds is 6. The molecule has 0 aromatic rings. The van der Waals surface area contributed by atoms with Crippen molar-refractivity contribution in [3.05, 3.63) is 0 Å². The molecule has 2 rings (SSSR count). The van der Waals surface area contributed by atoms with Gasteiger partial charge >= 0.3 is 23.9 Å². The predicted molar refractivity (Wildman–Crippen MR) is 83.7 cm³/mol. The summed E-state index contributed by atoms with van der Waals surface area (Å²) in [6, 6.07) is 0. The van der Waals surface area contributed by atoms with Gasteiger partial charge in [0.25, 0.3) is 0 Å². The van der Waals surface area contributed by atoms with E-state index < -0.39 is 70.7 Å². The van der Waals surface area contributed by atoms with Gasteiger partial charge in [-0.05, 0) is 30.1 Å². The van der Waals surface area contributed by atoms with E-state index in [9.17, 15) is 39.6 Å². The number of hydrogen-bond acceptors (Lipinski definition) is 4. The third-order valence-electron chi connectivity index (χ3n) is 6.71. The van der Waals surface area contributed by atoms with Crippen molar-refractivity contribution in [2.45, 2.75) is 33.6 Å². The Morgan fingerprint density at radius 1 is 1.04 bits per heavy atom. The van der Waals surface area contributed by atoms with Gasteiger partial charge in [-0.3, -0.25) is 19.2 Å². The van der Waals surface area contributed by atoms with Crippen LogP contribution in [0.15, 0.2) is 0 Å². The van der Waals surface area contributed by atoms with Gasteiger partial charge in [0.15, 0.2) is 0 Å². The molecule has 2 aliphatic rings. The van der Waals surface area contributed by atoms with Gasteiger partial charge in [-0.1, -0.05) is 27.2 Å². The molecule has 0 radical (unpaired) electrons. The standard InChI is InChI=1S/C17H24O8/c1-4-6(2)17(16(24)25)11-7(3)10(14(20)21)8(13(18)19)5-9(11)12(17)15(22)23/h6-12H,4-5H2,1-3H3,(H,18,19)(H,20,21)(H,22,23)(H,24,25). The highest BCUT2D eigenvalue weighted by atomic mass is 16.4. The number of carbonyl (C=O) groups is 4. The van der Waals surface area contributed by atoms with Gasteiger partial charge in [0.2, 0.25) is 0 Å². The lowest BCUT2D eigenvalue weighted by Crippen LogP contribution is -2.71. The Kier molecular flexibility index (Phi) is 4.85. The van der Waals surface area contributed by atoms with Crippen LogP contribution >= 0.6 is 0 Å². The zero-order chi connectivity index (χ0) is 19.3. The second kappa shape index (κ2) is 6.31. The van der Waals surface area contributed by atoms with E-state index >= 15 is 0 Å². The van der Waals surface area contributed by atoms with Crippen LogP contribution in [0.4, 0.5) is 0 Å². The van der Waals surface area contributed by atoms with E-state index in [1.54, 1.807) is 20.8 Å². The molecule has 0 aromatic carbocycles. The lowest BCUT2D eigenvalue weighted by Gasteiger charge is -2.65. The first-order valence-electron chi connectivity index (χ1n) is 8.45. The molecule has 8 unspecified atom stereocenters. The molecule has 0 aromatic heterocycles. The highest BCUT2D eigenvalue weighted by Gasteiger charge is 2.75. The zero-order valence-electron chi connectivity index (χ0n) is 14.4. The van der Waals surface area contributed by atoms with Gasteiger partial charge in [-0.15, -0.1) is 0 Å². The molecule has 0 heterocycles. The van der Waals surface area contributed by atoms with Crippen LogP contribution in [0.25, 0.3) is 0 Å². The molecule has 8 atom stereocenters. The summed E-state index contributed by atoms with van der Waals surface area (Å²) in [6.45, 7) is 4.99. The van der Waals surface area contributed by atoms with Crippen molar-refractivity contribution in [2.24, 2.45) is 46.8 Å². The molecule has 8 nitrogen and oxygen atoms in total. The van der Waals surface area contributed by atoms with Crippen molar-refractivity contribution in [3.63, 3.8) is 0 Å². The maximum absolute atomic E-state index is 12.2. The lowest BCUT2D eigenvalue weighted by atomic mass is 9.35. The maximum Gasteiger partial charge on any atom is 0.311 e. The average molecular weight is 356 g/mol. The Balaban J connectivity index is 2.59. The molecule has 25 heavy (non-hydrogen) atoms. The first kappa shape index (κ1) is 19.2. The minimum Gasteiger partial charge on any atom is -0.481 e. The third-order valence-corrected chi connectivity index (χ3v) is 6.71. The smallest absolute Gasteiger partial charge is 0.311 e. The molecular formula is C17H24O8. The Morgan fingerprint density at radius 3 is 1.96 bits per heavy atom. The van der Waals surface area contributed by atoms with Crippen LogP contribution in [0, 0.1) is 46.8 Å². The number of aliphatic carboxylic acids is 4. The highest BCUT2D eigenvalue weighted by molar-refractivity contribution is 5.88. The highest BCUT2D eigenvalue weighted by Crippen LogP contribution is 2.68. The van der Waals surface area contributed by atoms with E-state index in [2.05, 4.69) is 0 Å². The summed E-state index contributed by atoms with van der Waals surface area (Å²) in [4.78, 5) is 47.2. The fraction of sp³-hybridized carbons (Fsp3) is 0.765. The van der Waals surface area contributed by atoms with Gasteiger partial charge < -0.3 is 20.4 Å². The molecule has 140 valence electrons. The van der Waals surface area contributed by atoms with Crippen LogP contribution in [0.1, 0.15) is 33.6 Å². The van der Waals surface area contributed by atoms with E-state index in [4.69, 9.17) is 0 Å². The third kappa shape index (κ3) is 2.41. The molecule has 0 aliphatic heterocycles.